The molecule has 0 saturated carbocycles. The van der Waals surface area contributed by atoms with Crippen LogP contribution in [-0.2, 0) is 11.3 Å². The molecule has 1 N–H and O–H groups in total. The van der Waals surface area contributed by atoms with Crippen LogP contribution in [0.4, 0.5) is 0 Å². The van der Waals surface area contributed by atoms with Crippen LogP contribution in [0.5, 0.6) is 0 Å². The Hall–Kier alpha value is -1.95. The predicted octanol–water partition coefficient (Wildman–Crippen LogP) is 0.640. The Labute approximate surface area is 128 Å². The number of aromatic nitrogens is 3. The van der Waals surface area contributed by atoms with Crippen molar-refractivity contribution in [1.29, 1.82) is 0 Å². The third kappa shape index (κ3) is 1.67. The zero-order valence-corrected chi connectivity index (χ0v) is 12.4. The normalized spacial score (nSPS) is 32.8. The standard InChI is InChI=1S/C16H19N5O/c22-16(9-20-18-12-3-1-2-4-13(12)19-20)21-14-5-6-15(21)11-8-17-7-10(11)14/h1-4,10-11,14-15,17H,5-9H2/t10-,11+,14-,15+. The lowest BCUT2D eigenvalue weighted by molar-refractivity contribution is -0.134. The molecule has 1 amide bonds. The summed E-state index contributed by atoms with van der Waals surface area (Å²) < 4.78 is 0. The summed E-state index contributed by atoms with van der Waals surface area (Å²) in [6.07, 6.45) is 2.32. The number of carbonyl (C=O) groups excluding carboxylic acids is 1. The fourth-order valence-electron chi connectivity index (χ4n) is 4.82. The second kappa shape index (κ2) is 4.52. The van der Waals surface area contributed by atoms with Crippen molar-refractivity contribution in [2.45, 2.75) is 31.5 Å². The maximum absolute atomic E-state index is 12.8. The molecule has 5 rings (SSSR count). The van der Waals surface area contributed by atoms with E-state index >= 15 is 0 Å². The van der Waals surface area contributed by atoms with Gasteiger partial charge in [0.25, 0.3) is 0 Å². The first-order valence-corrected chi connectivity index (χ1v) is 8.13. The van der Waals surface area contributed by atoms with E-state index in [2.05, 4.69) is 20.4 Å². The van der Waals surface area contributed by atoms with E-state index < -0.39 is 0 Å². The highest BCUT2D eigenvalue weighted by Gasteiger charge is 2.56. The maximum Gasteiger partial charge on any atom is 0.246 e. The van der Waals surface area contributed by atoms with Crippen molar-refractivity contribution in [3.05, 3.63) is 24.3 Å². The minimum Gasteiger partial charge on any atom is -0.334 e. The van der Waals surface area contributed by atoms with E-state index in [4.69, 9.17) is 0 Å². The molecule has 3 aliphatic heterocycles. The monoisotopic (exact) mass is 297 g/mol. The van der Waals surface area contributed by atoms with Gasteiger partial charge in [-0.1, -0.05) is 12.1 Å². The van der Waals surface area contributed by atoms with Gasteiger partial charge in [-0.05, 0) is 36.8 Å². The number of fused-ring (bicyclic) bond motifs is 6. The summed E-state index contributed by atoms with van der Waals surface area (Å²) >= 11 is 0. The topological polar surface area (TPSA) is 63.1 Å². The van der Waals surface area contributed by atoms with E-state index in [1.807, 2.05) is 24.3 Å². The van der Waals surface area contributed by atoms with Crippen molar-refractivity contribution in [2.75, 3.05) is 13.1 Å². The summed E-state index contributed by atoms with van der Waals surface area (Å²) in [6.45, 7) is 2.40. The molecule has 0 aliphatic carbocycles. The highest BCUT2D eigenvalue weighted by atomic mass is 16.2. The summed E-state index contributed by atoms with van der Waals surface area (Å²) in [4.78, 5) is 16.5. The average molecular weight is 297 g/mol. The lowest BCUT2D eigenvalue weighted by Crippen LogP contribution is -2.41. The molecule has 3 fully saturated rings. The zero-order valence-electron chi connectivity index (χ0n) is 12.4. The Morgan fingerprint density at radius 3 is 2.27 bits per heavy atom. The van der Waals surface area contributed by atoms with E-state index in [0.717, 1.165) is 37.0 Å². The van der Waals surface area contributed by atoms with Crippen LogP contribution in [0, 0.1) is 11.8 Å². The number of carbonyl (C=O) groups is 1. The van der Waals surface area contributed by atoms with Gasteiger partial charge in [-0.3, -0.25) is 4.79 Å². The summed E-state index contributed by atoms with van der Waals surface area (Å²) in [5.74, 6) is 1.50. The molecule has 4 atom stereocenters. The van der Waals surface area contributed by atoms with Crippen LogP contribution >= 0.6 is 0 Å². The molecule has 6 nitrogen and oxygen atoms in total. The fraction of sp³-hybridized carbons (Fsp3) is 0.562. The summed E-state index contributed by atoms with van der Waals surface area (Å²) in [5, 5.41) is 12.3. The predicted molar refractivity (Wildman–Crippen MR) is 81.0 cm³/mol. The van der Waals surface area contributed by atoms with Gasteiger partial charge in [0, 0.05) is 25.2 Å². The van der Waals surface area contributed by atoms with Crippen molar-refractivity contribution in [3.63, 3.8) is 0 Å². The number of amides is 1. The van der Waals surface area contributed by atoms with Gasteiger partial charge in [-0.25, -0.2) is 0 Å². The van der Waals surface area contributed by atoms with Gasteiger partial charge in [0.15, 0.2) is 0 Å². The number of hydrogen-bond donors (Lipinski definition) is 1. The van der Waals surface area contributed by atoms with Gasteiger partial charge in [0.05, 0.1) is 0 Å². The van der Waals surface area contributed by atoms with E-state index in [9.17, 15) is 4.79 Å². The highest BCUT2D eigenvalue weighted by Crippen LogP contribution is 2.47. The van der Waals surface area contributed by atoms with E-state index in [-0.39, 0.29) is 12.5 Å². The first-order chi connectivity index (χ1) is 10.8. The molecule has 2 bridgehead atoms. The third-order valence-electron chi connectivity index (χ3n) is 5.66. The van der Waals surface area contributed by atoms with Crippen LogP contribution in [-0.4, -0.2) is 51.0 Å². The molecule has 2 aromatic rings. The van der Waals surface area contributed by atoms with Gasteiger partial charge >= 0.3 is 0 Å². The Morgan fingerprint density at radius 2 is 1.68 bits per heavy atom. The van der Waals surface area contributed by atoms with Crippen LogP contribution in [0.25, 0.3) is 11.0 Å². The molecule has 114 valence electrons. The first kappa shape index (κ1) is 12.6. The molecular weight excluding hydrogens is 278 g/mol. The Balaban J connectivity index is 1.39. The zero-order chi connectivity index (χ0) is 14.7. The minimum atomic E-state index is 0.183. The van der Waals surface area contributed by atoms with Crippen molar-refractivity contribution in [1.82, 2.24) is 25.2 Å². The molecular formula is C16H19N5O. The van der Waals surface area contributed by atoms with E-state index in [1.54, 1.807) is 4.80 Å². The van der Waals surface area contributed by atoms with Crippen molar-refractivity contribution < 1.29 is 4.79 Å². The van der Waals surface area contributed by atoms with Crippen LogP contribution in [0.3, 0.4) is 0 Å². The Bertz CT molecular complexity index is 690. The minimum absolute atomic E-state index is 0.183. The van der Waals surface area contributed by atoms with Gasteiger partial charge < -0.3 is 10.2 Å². The summed E-state index contributed by atoms with van der Waals surface area (Å²) in [6, 6.07) is 8.61. The maximum atomic E-state index is 12.8. The Kier molecular flexibility index (Phi) is 2.59. The van der Waals surface area contributed by atoms with Gasteiger partial charge in [0.1, 0.15) is 17.6 Å². The molecule has 1 aromatic heterocycles. The highest BCUT2D eigenvalue weighted by molar-refractivity contribution is 5.78. The van der Waals surface area contributed by atoms with Crippen molar-refractivity contribution in [2.24, 2.45) is 11.8 Å². The summed E-state index contributed by atoms with van der Waals surface area (Å²) in [7, 11) is 0. The lowest BCUT2D eigenvalue weighted by atomic mass is 9.82. The molecule has 1 aromatic carbocycles. The number of rotatable bonds is 2. The lowest BCUT2D eigenvalue weighted by Gasteiger charge is -2.24. The van der Waals surface area contributed by atoms with Crippen LogP contribution in [0.1, 0.15) is 12.8 Å². The number of nitrogens with one attached hydrogen (secondary N) is 1. The second-order valence-electron chi connectivity index (χ2n) is 6.72. The number of hydrogen-bond acceptors (Lipinski definition) is 4. The number of benzene rings is 1. The molecule has 22 heavy (non-hydrogen) atoms. The quantitative estimate of drug-likeness (QED) is 0.883. The van der Waals surface area contributed by atoms with Gasteiger partial charge in [-0.2, -0.15) is 15.0 Å². The molecule has 0 unspecified atom stereocenters. The smallest absolute Gasteiger partial charge is 0.246 e. The van der Waals surface area contributed by atoms with E-state index in [1.165, 1.54) is 0 Å². The SMILES string of the molecule is O=C(Cn1nc2ccccc2n1)N1[C@@H]2CC[C@H]1[C@H]1CNC[C@H]12. The summed E-state index contributed by atoms with van der Waals surface area (Å²) in [5.41, 5.74) is 1.70. The van der Waals surface area contributed by atoms with Gasteiger partial charge in [0.2, 0.25) is 5.91 Å². The van der Waals surface area contributed by atoms with Crippen molar-refractivity contribution >= 4 is 16.9 Å². The molecule has 3 saturated heterocycles. The molecule has 0 spiro atoms. The Morgan fingerprint density at radius 1 is 1.09 bits per heavy atom. The van der Waals surface area contributed by atoms with Gasteiger partial charge in [-0.15, -0.1) is 0 Å². The first-order valence-electron chi connectivity index (χ1n) is 8.13. The fourth-order valence-corrected chi connectivity index (χ4v) is 4.82. The second-order valence-corrected chi connectivity index (χ2v) is 6.72. The van der Waals surface area contributed by atoms with E-state index in [0.29, 0.717) is 23.9 Å². The van der Waals surface area contributed by atoms with Crippen LogP contribution < -0.4 is 5.32 Å². The number of nitrogens with zero attached hydrogens (tertiary/aromatic N) is 4. The van der Waals surface area contributed by atoms with Crippen LogP contribution in [0.2, 0.25) is 0 Å². The molecule has 0 radical (unpaired) electrons. The van der Waals surface area contributed by atoms with Crippen LogP contribution in [0.15, 0.2) is 24.3 Å². The average Bonchev–Trinajstić information content (AvgIpc) is 3.26. The van der Waals surface area contributed by atoms with Crippen molar-refractivity contribution in [3.8, 4) is 0 Å². The molecule has 4 heterocycles. The third-order valence-corrected chi connectivity index (χ3v) is 5.66. The molecule has 3 aliphatic rings. The molecule has 6 heteroatoms. The largest absolute Gasteiger partial charge is 0.334 e.